The Hall–Kier alpha value is -4.06. The van der Waals surface area contributed by atoms with Crippen LogP contribution >= 0.6 is 0 Å². The van der Waals surface area contributed by atoms with Crippen molar-refractivity contribution in [2.75, 3.05) is 24.7 Å². The molecule has 11 nitrogen and oxygen atoms in total. The number of cyclic esters (lactones) is 1. The maximum Gasteiger partial charge on any atom is 0.414 e. The molecule has 0 spiro atoms. The standard InChI is InChI=1S/C27H29FN6O5/c1-26(2,3)39-24(35)31-27(20-14-37-15-21(20)27)23-7-4-16(11-29-23)19-6-5-17(10-22(19)28)34-13-18(38-25(34)36)12-33-9-8-30-32-33/h4-11,18,20-21H,12-15H2,1-3H3,(H,31,35)/t18-,20?,21?,27?/m0/s1. The summed E-state index contributed by atoms with van der Waals surface area (Å²) >= 11 is 0. The van der Waals surface area contributed by atoms with Gasteiger partial charge in [0, 0.05) is 35.4 Å². The number of nitrogens with one attached hydrogen (secondary N) is 1. The van der Waals surface area contributed by atoms with Crippen LogP contribution in [0.3, 0.4) is 0 Å². The number of carbonyl (C=O) groups is 2. The summed E-state index contributed by atoms with van der Waals surface area (Å²) in [6.45, 7) is 7.12. The summed E-state index contributed by atoms with van der Waals surface area (Å²) in [6.07, 6.45) is 3.36. The minimum Gasteiger partial charge on any atom is -0.444 e. The first kappa shape index (κ1) is 25.2. The average Bonchev–Trinajstić information content (AvgIpc) is 3.42. The van der Waals surface area contributed by atoms with Gasteiger partial charge in [0.25, 0.3) is 0 Å². The lowest BCUT2D eigenvalue weighted by atomic mass is 10.0. The molecule has 0 bridgehead atoms. The molecule has 2 aliphatic heterocycles. The molecule has 2 amide bonds. The van der Waals surface area contributed by atoms with Gasteiger partial charge in [-0.1, -0.05) is 11.3 Å². The predicted molar refractivity (Wildman–Crippen MR) is 136 cm³/mol. The van der Waals surface area contributed by atoms with E-state index in [-0.39, 0.29) is 18.4 Å². The van der Waals surface area contributed by atoms with E-state index in [9.17, 15) is 9.59 Å². The molecular formula is C27H29FN6O5. The number of hydrogen-bond donors (Lipinski definition) is 1. The molecule has 2 saturated heterocycles. The second kappa shape index (κ2) is 9.30. The van der Waals surface area contributed by atoms with E-state index in [2.05, 4.69) is 20.6 Å². The first-order valence-electron chi connectivity index (χ1n) is 12.8. The van der Waals surface area contributed by atoms with Crippen molar-refractivity contribution in [3.63, 3.8) is 0 Å². The van der Waals surface area contributed by atoms with Crippen LogP contribution in [0.25, 0.3) is 11.1 Å². The molecule has 3 aliphatic rings. The summed E-state index contributed by atoms with van der Waals surface area (Å²) in [4.78, 5) is 31.1. The average molecular weight is 537 g/mol. The Labute approximate surface area is 224 Å². The van der Waals surface area contributed by atoms with Crippen molar-refractivity contribution in [2.24, 2.45) is 11.8 Å². The van der Waals surface area contributed by atoms with Crippen molar-refractivity contribution < 1.29 is 28.2 Å². The van der Waals surface area contributed by atoms with Crippen LogP contribution in [-0.4, -0.2) is 63.6 Å². The molecule has 1 N–H and O–H groups in total. The molecule has 4 heterocycles. The molecule has 3 fully saturated rings. The van der Waals surface area contributed by atoms with Gasteiger partial charge in [0.2, 0.25) is 0 Å². The van der Waals surface area contributed by atoms with Crippen molar-refractivity contribution in [3.8, 4) is 11.1 Å². The van der Waals surface area contributed by atoms with E-state index in [1.807, 2.05) is 26.8 Å². The van der Waals surface area contributed by atoms with Gasteiger partial charge in [-0.05, 0) is 45.0 Å². The van der Waals surface area contributed by atoms with Gasteiger partial charge >= 0.3 is 12.2 Å². The van der Waals surface area contributed by atoms with Crippen molar-refractivity contribution in [1.29, 1.82) is 0 Å². The van der Waals surface area contributed by atoms with E-state index in [1.165, 1.54) is 11.0 Å². The monoisotopic (exact) mass is 536 g/mol. The second-order valence-electron chi connectivity index (χ2n) is 11.1. The molecule has 2 unspecified atom stereocenters. The van der Waals surface area contributed by atoms with Crippen LogP contribution in [0.15, 0.2) is 48.9 Å². The summed E-state index contributed by atoms with van der Waals surface area (Å²) in [5.41, 5.74) is 0.712. The molecule has 6 rings (SSSR count). The van der Waals surface area contributed by atoms with Crippen molar-refractivity contribution >= 4 is 17.9 Å². The summed E-state index contributed by atoms with van der Waals surface area (Å²) in [7, 11) is 0. The Morgan fingerprint density at radius 3 is 2.67 bits per heavy atom. The van der Waals surface area contributed by atoms with Gasteiger partial charge < -0.3 is 19.5 Å². The number of rotatable bonds is 6. The van der Waals surface area contributed by atoms with E-state index in [0.29, 0.717) is 42.3 Å². The molecule has 0 radical (unpaired) electrons. The number of aromatic nitrogens is 4. The third kappa shape index (κ3) is 4.69. The number of amides is 2. The number of nitrogens with zero attached hydrogens (tertiary/aromatic N) is 5. The normalized spacial score (nSPS) is 25.8. The number of hydrogen-bond acceptors (Lipinski definition) is 8. The molecule has 2 aromatic heterocycles. The Morgan fingerprint density at radius 2 is 2.03 bits per heavy atom. The van der Waals surface area contributed by atoms with Gasteiger partial charge in [-0.25, -0.2) is 18.7 Å². The highest BCUT2D eigenvalue weighted by atomic mass is 19.1. The third-order valence-electron chi connectivity index (χ3n) is 7.35. The molecule has 1 aromatic carbocycles. The van der Waals surface area contributed by atoms with Gasteiger partial charge in [-0.15, -0.1) is 5.10 Å². The topological polar surface area (TPSA) is 121 Å². The Bertz CT molecular complexity index is 1380. The number of pyridine rings is 1. The number of halogens is 1. The second-order valence-corrected chi connectivity index (χ2v) is 11.1. The van der Waals surface area contributed by atoms with E-state index in [1.54, 1.807) is 41.5 Å². The predicted octanol–water partition coefficient (Wildman–Crippen LogP) is 3.50. The van der Waals surface area contributed by atoms with Gasteiger partial charge in [0.15, 0.2) is 0 Å². The number of fused-ring (bicyclic) bond motifs is 1. The Kier molecular flexibility index (Phi) is 6.01. The fraction of sp³-hybridized carbons (Fsp3) is 0.444. The molecule has 39 heavy (non-hydrogen) atoms. The fourth-order valence-electron chi connectivity index (χ4n) is 5.53. The zero-order chi connectivity index (χ0) is 27.4. The van der Waals surface area contributed by atoms with E-state index in [4.69, 9.17) is 14.2 Å². The maximum atomic E-state index is 15.3. The summed E-state index contributed by atoms with van der Waals surface area (Å²) < 4.78 is 33.3. The zero-order valence-electron chi connectivity index (χ0n) is 21.8. The number of anilines is 1. The number of benzene rings is 1. The quantitative estimate of drug-likeness (QED) is 0.508. The van der Waals surface area contributed by atoms with Crippen molar-refractivity contribution in [1.82, 2.24) is 25.3 Å². The van der Waals surface area contributed by atoms with Gasteiger partial charge in [-0.2, -0.15) is 0 Å². The highest BCUT2D eigenvalue weighted by Crippen LogP contribution is 2.60. The van der Waals surface area contributed by atoms with Crippen LogP contribution in [0, 0.1) is 17.7 Å². The van der Waals surface area contributed by atoms with E-state index < -0.39 is 35.2 Å². The van der Waals surface area contributed by atoms with Crippen molar-refractivity contribution in [2.45, 2.75) is 44.6 Å². The molecular weight excluding hydrogens is 507 g/mol. The molecule has 204 valence electrons. The maximum absolute atomic E-state index is 15.3. The highest BCUT2D eigenvalue weighted by molar-refractivity contribution is 5.90. The fourth-order valence-corrected chi connectivity index (χ4v) is 5.53. The molecule has 3 aromatic rings. The van der Waals surface area contributed by atoms with Crippen LogP contribution in [-0.2, 0) is 26.3 Å². The van der Waals surface area contributed by atoms with Gasteiger partial charge in [0.05, 0.1) is 49.4 Å². The zero-order valence-corrected chi connectivity index (χ0v) is 21.8. The molecule has 12 heteroatoms. The van der Waals surface area contributed by atoms with Crippen LogP contribution in [0.2, 0.25) is 0 Å². The van der Waals surface area contributed by atoms with Gasteiger partial charge in [0.1, 0.15) is 17.5 Å². The smallest absolute Gasteiger partial charge is 0.414 e. The van der Waals surface area contributed by atoms with Gasteiger partial charge in [-0.3, -0.25) is 9.88 Å². The van der Waals surface area contributed by atoms with Crippen molar-refractivity contribution in [3.05, 3.63) is 60.4 Å². The number of ether oxygens (including phenoxy) is 3. The number of alkyl carbamates (subject to hydrolysis) is 1. The lowest BCUT2D eigenvalue weighted by Crippen LogP contribution is -2.43. The SMILES string of the molecule is CC(C)(C)OC(=O)NC1(c2ccc(-c3ccc(N4C[C@H](Cn5ccnn5)OC4=O)cc3F)cn2)C2COCC21. The lowest BCUT2D eigenvalue weighted by Gasteiger charge is -2.26. The summed E-state index contributed by atoms with van der Waals surface area (Å²) in [5, 5.41) is 10.7. The molecule has 3 atom stereocenters. The minimum absolute atomic E-state index is 0.105. The third-order valence-corrected chi connectivity index (χ3v) is 7.35. The van der Waals surface area contributed by atoms with E-state index >= 15 is 4.39 Å². The Morgan fingerprint density at radius 1 is 1.23 bits per heavy atom. The van der Waals surface area contributed by atoms with Crippen LogP contribution in [0.5, 0.6) is 0 Å². The summed E-state index contributed by atoms with van der Waals surface area (Å²) in [6, 6.07) is 8.21. The first-order chi connectivity index (χ1) is 18.6. The minimum atomic E-state index is -0.666. The molecule has 1 aliphatic carbocycles. The highest BCUT2D eigenvalue weighted by Gasteiger charge is 2.70. The first-order valence-corrected chi connectivity index (χ1v) is 12.8. The summed E-state index contributed by atoms with van der Waals surface area (Å²) in [5.74, 6) is -0.283. The number of carbonyl (C=O) groups excluding carboxylic acids is 2. The van der Waals surface area contributed by atoms with Crippen LogP contribution in [0.4, 0.5) is 19.7 Å². The largest absolute Gasteiger partial charge is 0.444 e. The van der Waals surface area contributed by atoms with Crippen LogP contribution in [0.1, 0.15) is 26.5 Å². The Balaban J connectivity index is 1.18. The van der Waals surface area contributed by atoms with Crippen LogP contribution < -0.4 is 10.2 Å². The van der Waals surface area contributed by atoms with E-state index in [0.717, 1.165) is 0 Å². The molecule has 1 saturated carbocycles. The lowest BCUT2D eigenvalue weighted by molar-refractivity contribution is 0.0447.